The number of likely N-dealkylation sites (N-methyl/N-ethyl adjacent to an activating group) is 1. The minimum Gasteiger partial charge on any atom is -0.491 e. The highest BCUT2D eigenvalue weighted by atomic mass is 35.5. The first kappa shape index (κ1) is 13.6. The topological polar surface area (TPSA) is 12.5 Å². The standard InChI is InChI=1S/C12H17Cl2NO/c1-3-15(4-2)7-8-16-12-6-5-10(13)9-11(12)14/h5-6,9H,3-4,7-8H2,1-2H3. The molecule has 0 bridgehead atoms. The third kappa shape index (κ3) is 4.20. The van der Waals surface area contributed by atoms with Crippen molar-refractivity contribution in [2.75, 3.05) is 26.2 Å². The number of halogens is 2. The van der Waals surface area contributed by atoms with Crippen molar-refractivity contribution in [1.82, 2.24) is 4.90 Å². The Morgan fingerprint density at radius 3 is 2.44 bits per heavy atom. The number of rotatable bonds is 6. The summed E-state index contributed by atoms with van der Waals surface area (Å²) in [7, 11) is 0. The van der Waals surface area contributed by atoms with Crippen molar-refractivity contribution in [2.45, 2.75) is 13.8 Å². The molecule has 0 amide bonds. The van der Waals surface area contributed by atoms with E-state index in [0.29, 0.717) is 22.4 Å². The smallest absolute Gasteiger partial charge is 0.138 e. The largest absolute Gasteiger partial charge is 0.491 e. The predicted octanol–water partition coefficient (Wildman–Crippen LogP) is 3.71. The molecular weight excluding hydrogens is 245 g/mol. The van der Waals surface area contributed by atoms with Crippen LogP contribution in [0.1, 0.15) is 13.8 Å². The van der Waals surface area contributed by atoms with Crippen LogP contribution in [-0.4, -0.2) is 31.1 Å². The lowest BCUT2D eigenvalue weighted by Crippen LogP contribution is -2.27. The first-order chi connectivity index (χ1) is 7.67. The molecule has 1 rings (SSSR count). The lowest BCUT2D eigenvalue weighted by atomic mass is 10.3. The van der Waals surface area contributed by atoms with Crippen molar-refractivity contribution < 1.29 is 4.74 Å². The molecule has 1 aromatic carbocycles. The summed E-state index contributed by atoms with van der Waals surface area (Å²) in [5.41, 5.74) is 0. The summed E-state index contributed by atoms with van der Waals surface area (Å²) in [5.74, 6) is 0.693. The van der Waals surface area contributed by atoms with Gasteiger partial charge < -0.3 is 9.64 Å². The summed E-state index contributed by atoms with van der Waals surface area (Å²) in [6.45, 7) is 7.90. The van der Waals surface area contributed by atoms with Crippen molar-refractivity contribution in [3.8, 4) is 5.75 Å². The second-order valence-electron chi connectivity index (χ2n) is 3.45. The Balaban J connectivity index is 2.42. The Hall–Kier alpha value is -0.440. The van der Waals surface area contributed by atoms with Gasteiger partial charge in [0.25, 0.3) is 0 Å². The molecular formula is C12H17Cl2NO. The van der Waals surface area contributed by atoms with Crippen LogP contribution in [0.5, 0.6) is 5.75 Å². The molecule has 0 atom stereocenters. The van der Waals surface area contributed by atoms with E-state index in [1.807, 2.05) is 0 Å². The SMILES string of the molecule is CCN(CC)CCOc1ccc(Cl)cc1Cl. The molecule has 0 N–H and O–H groups in total. The van der Waals surface area contributed by atoms with Gasteiger partial charge in [-0.15, -0.1) is 0 Å². The quantitative estimate of drug-likeness (QED) is 0.774. The van der Waals surface area contributed by atoms with Gasteiger partial charge in [0, 0.05) is 11.6 Å². The lowest BCUT2D eigenvalue weighted by Gasteiger charge is -2.18. The number of hydrogen-bond donors (Lipinski definition) is 0. The average molecular weight is 262 g/mol. The fraction of sp³-hybridized carbons (Fsp3) is 0.500. The molecule has 2 nitrogen and oxygen atoms in total. The molecule has 0 aliphatic carbocycles. The van der Waals surface area contributed by atoms with Gasteiger partial charge in [0.15, 0.2) is 0 Å². The third-order valence-corrected chi connectivity index (χ3v) is 2.98. The van der Waals surface area contributed by atoms with Crippen LogP contribution in [-0.2, 0) is 0 Å². The Morgan fingerprint density at radius 1 is 1.19 bits per heavy atom. The molecule has 0 unspecified atom stereocenters. The maximum absolute atomic E-state index is 5.99. The Kier molecular flexibility index (Phi) is 5.96. The van der Waals surface area contributed by atoms with Crippen LogP contribution in [0.3, 0.4) is 0 Å². The van der Waals surface area contributed by atoms with E-state index in [1.165, 1.54) is 0 Å². The van der Waals surface area contributed by atoms with E-state index in [1.54, 1.807) is 18.2 Å². The Morgan fingerprint density at radius 2 is 1.88 bits per heavy atom. The van der Waals surface area contributed by atoms with Crippen LogP contribution >= 0.6 is 23.2 Å². The monoisotopic (exact) mass is 261 g/mol. The molecule has 0 aliphatic heterocycles. The summed E-state index contributed by atoms with van der Waals surface area (Å²) < 4.78 is 5.59. The van der Waals surface area contributed by atoms with Crippen molar-refractivity contribution in [3.05, 3.63) is 28.2 Å². The van der Waals surface area contributed by atoms with E-state index in [-0.39, 0.29) is 0 Å². The molecule has 0 heterocycles. The Bertz CT molecular complexity index is 327. The maximum atomic E-state index is 5.99. The normalized spacial score (nSPS) is 10.8. The second-order valence-corrected chi connectivity index (χ2v) is 4.29. The molecule has 4 heteroatoms. The van der Waals surface area contributed by atoms with Crippen molar-refractivity contribution in [3.63, 3.8) is 0 Å². The molecule has 0 fully saturated rings. The minimum absolute atomic E-state index is 0.562. The van der Waals surface area contributed by atoms with E-state index < -0.39 is 0 Å². The molecule has 90 valence electrons. The van der Waals surface area contributed by atoms with Gasteiger partial charge in [-0.2, -0.15) is 0 Å². The van der Waals surface area contributed by atoms with Gasteiger partial charge in [0.05, 0.1) is 5.02 Å². The van der Waals surface area contributed by atoms with Gasteiger partial charge in [0.1, 0.15) is 12.4 Å². The van der Waals surface area contributed by atoms with Crippen LogP contribution in [0, 0.1) is 0 Å². The van der Waals surface area contributed by atoms with Crippen LogP contribution in [0.4, 0.5) is 0 Å². The zero-order valence-electron chi connectivity index (χ0n) is 9.67. The van der Waals surface area contributed by atoms with Gasteiger partial charge >= 0.3 is 0 Å². The summed E-state index contributed by atoms with van der Waals surface area (Å²) in [6, 6.07) is 5.27. The molecule has 0 aromatic heterocycles. The van der Waals surface area contributed by atoms with Gasteiger partial charge in [-0.25, -0.2) is 0 Å². The number of hydrogen-bond acceptors (Lipinski definition) is 2. The second kappa shape index (κ2) is 7.00. The van der Waals surface area contributed by atoms with Crippen LogP contribution in [0.2, 0.25) is 10.0 Å². The maximum Gasteiger partial charge on any atom is 0.138 e. The summed E-state index contributed by atoms with van der Waals surface area (Å²) in [5, 5.41) is 1.19. The zero-order valence-corrected chi connectivity index (χ0v) is 11.2. The van der Waals surface area contributed by atoms with Gasteiger partial charge in [-0.3, -0.25) is 0 Å². The number of ether oxygens (including phenoxy) is 1. The summed E-state index contributed by atoms with van der Waals surface area (Å²) >= 11 is 11.8. The fourth-order valence-electron chi connectivity index (χ4n) is 1.42. The lowest BCUT2D eigenvalue weighted by molar-refractivity contribution is 0.223. The minimum atomic E-state index is 0.562. The highest BCUT2D eigenvalue weighted by Gasteiger charge is 2.03. The molecule has 1 aromatic rings. The van der Waals surface area contributed by atoms with Crippen LogP contribution in [0.25, 0.3) is 0 Å². The van der Waals surface area contributed by atoms with E-state index >= 15 is 0 Å². The highest BCUT2D eigenvalue weighted by molar-refractivity contribution is 6.35. The molecule has 0 radical (unpaired) electrons. The first-order valence-corrected chi connectivity index (χ1v) is 6.23. The predicted molar refractivity (Wildman–Crippen MR) is 69.7 cm³/mol. The summed E-state index contributed by atoms with van der Waals surface area (Å²) in [4.78, 5) is 2.30. The van der Waals surface area contributed by atoms with E-state index in [9.17, 15) is 0 Å². The van der Waals surface area contributed by atoms with Crippen LogP contribution in [0.15, 0.2) is 18.2 Å². The number of nitrogens with zero attached hydrogens (tertiary/aromatic N) is 1. The van der Waals surface area contributed by atoms with E-state index in [2.05, 4.69) is 18.7 Å². The highest BCUT2D eigenvalue weighted by Crippen LogP contribution is 2.27. The molecule has 0 aliphatic rings. The third-order valence-electron chi connectivity index (χ3n) is 2.45. The van der Waals surface area contributed by atoms with E-state index in [4.69, 9.17) is 27.9 Å². The van der Waals surface area contributed by atoms with Crippen molar-refractivity contribution >= 4 is 23.2 Å². The van der Waals surface area contributed by atoms with Gasteiger partial charge in [-0.1, -0.05) is 37.0 Å². The van der Waals surface area contributed by atoms with E-state index in [0.717, 1.165) is 19.6 Å². The van der Waals surface area contributed by atoms with Gasteiger partial charge in [-0.05, 0) is 31.3 Å². The molecule has 0 saturated carbocycles. The molecule has 0 saturated heterocycles. The van der Waals surface area contributed by atoms with Crippen molar-refractivity contribution in [2.24, 2.45) is 0 Å². The first-order valence-electron chi connectivity index (χ1n) is 5.47. The fourth-order valence-corrected chi connectivity index (χ4v) is 1.88. The number of benzene rings is 1. The summed E-state index contributed by atoms with van der Waals surface area (Å²) in [6.07, 6.45) is 0. The van der Waals surface area contributed by atoms with Gasteiger partial charge in [0.2, 0.25) is 0 Å². The van der Waals surface area contributed by atoms with Crippen LogP contribution < -0.4 is 4.74 Å². The molecule has 16 heavy (non-hydrogen) atoms. The average Bonchev–Trinajstić information content (AvgIpc) is 2.27. The zero-order chi connectivity index (χ0) is 12.0. The Labute approximate surface area is 107 Å². The van der Waals surface area contributed by atoms with Crippen molar-refractivity contribution in [1.29, 1.82) is 0 Å². The molecule has 0 spiro atoms.